The summed E-state index contributed by atoms with van der Waals surface area (Å²) in [6, 6.07) is 0. The van der Waals surface area contributed by atoms with Crippen LogP contribution in [-0.2, 0) is 0 Å². The lowest BCUT2D eigenvalue weighted by Crippen LogP contribution is -2.17. The van der Waals surface area contributed by atoms with E-state index in [1.54, 1.807) is 4.91 Å². The van der Waals surface area contributed by atoms with Crippen molar-refractivity contribution >= 4 is 11.8 Å². The van der Waals surface area contributed by atoms with Crippen molar-refractivity contribution in [2.24, 2.45) is 0 Å². The van der Waals surface area contributed by atoms with E-state index in [-0.39, 0.29) is 0 Å². The summed E-state index contributed by atoms with van der Waals surface area (Å²) in [6.07, 6.45) is 9.59. The summed E-state index contributed by atoms with van der Waals surface area (Å²) in [5, 5.41) is 4.18. The molecule has 0 fully saturated rings. The molecule has 1 nitrogen and oxygen atoms in total. The zero-order chi connectivity index (χ0) is 8.39. The number of thioether (sulfide) groups is 1. The second kappa shape index (κ2) is 3.56. The molecule has 0 aromatic carbocycles. The maximum Gasteiger partial charge on any atom is 0.0764 e. The zero-order valence-corrected chi connectivity index (χ0v) is 8.29. The van der Waals surface area contributed by atoms with Crippen LogP contribution in [0.15, 0.2) is 22.8 Å². The lowest BCUT2D eigenvalue weighted by atomic mass is 10.2. The third-order valence-corrected chi connectivity index (χ3v) is 3.78. The molecule has 0 bridgehead atoms. The van der Waals surface area contributed by atoms with Gasteiger partial charge in [-0.1, -0.05) is 13.0 Å². The summed E-state index contributed by atoms with van der Waals surface area (Å²) >= 11 is 2.03. The zero-order valence-electron chi connectivity index (χ0n) is 7.47. The highest BCUT2D eigenvalue weighted by Crippen LogP contribution is 2.36. The molecule has 1 heterocycles. The monoisotopic (exact) mass is 181 g/mol. The molecule has 1 atom stereocenters. The molecule has 0 amide bonds. The molecule has 66 valence electrons. The van der Waals surface area contributed by atoms with Gasteiger partial charge in [0.25, 0.3) is 0 Å². The summed E-state index contributed by atoms with van der Waals surface area (Å²) in [5.74, 6) is 0. The van der Waals surface area contributed by atoms with Gasteiger partial charge in [-0.3, -0.25) is 0 Å². The summed E-state index contributed by atoms with van der Waals surface area (Å²) in [5.41, 5.74) is 1.39. The van der Waals surface area contributed by atoms with E-state index in [4.69, 9.17) is 0 Å². The van der Waals surface area contributed by atoms with E-state index in [0.717, 1.165) is 0 Å². The number of nitrogens with one attached hydrogen (secondary N) is 1. The Hall–Kier alpha value is -0.370. The molecule has 2 rings (SSSR count). The van der Waals surface area contributed by atoms with Gasteiger partial charge in [0.2, 0.25) is 0 Å². The molecule has 2 heteroatoms. The first kappa shape index (κ1) is 8.24. The van der Waals surface area contributed by atoms with Gasteiger partial charge in [-0.25, -0.2) is 0 Å². The number of rotatable bonds is 1. The molecule has 0 aromatic rings. The molecule has 12 heavy (non-hydrogen) atoms. The van der Waals surface area contributed by atoms with Crippen LogP contribution >= 0.6 is 11.8 Å². The van der Waals surface area contributed by atoms with E-state index in [0.29, 0.717) is 5.37 Å². The third-order valence-electron chi connectivity index (χ3n) is 2.33. The van der Waals surface area contributed by atoms with Gasteiger partial charge in [-0.15, -0.1) is 11.8 Å². The molecular weight excluding hydrogens is 166 g/mol. The molecule has 1 N–H and O–H groups in total. The average molecular weight is 181 g/mol. The smallest absolute Gasteiger partial charge is 0.0764 e. The van der Waals surface area contributed by atoms with Gasteiger partial charge in [0.15, 0.2) is 0 Å². The quantitative estimate of drug-likeness (QED) is 0.667. The molecule has 1 unspecified atom stereocenters. The number of hydrogen-bond donors (Lipinski definition) is 1. The topological polar surface area (TPSA) is 12.0 Å². The van der Waals surface area contributed by atoms with Crippen LogP contribution in [0.2, 0.25) is 0 Å². The van der Waals surface area contributed by atoms with Crippen LogP contribution in [0.5, 0.6) is 0 Å². The fourth-order valence-corrected chi connectivity index (χ4v) is 2.83. The van der Waals surface area contributed by atoms with Crippen LogP contribution in [-0.4, -0.2) is 5.37 Å². The first-order valence-corrected chi connectivity index (χ1v) is 5.61. The Morgan fingerprint density at radius 1 is 1.67 bits per heavy atom. The van der Waals surface area contributed by atoms with Gasteiger partial charge in [0.05, 0.1) is 5.37 Å². The summed E-state index contributed by atoms with van der Waals surface area (Å²) in [4.78, 5) is 1.58. The second-order valence-electron chi connectivity index (χ2n) is 3.29. The van der Waals surface area contributed by atoms with Crippen molar-refractivity contribution in [3.63, 3.8) is 0 Å². The standard InChI is InChI=1S/C10H15NS/c1-2-10-11-8-6-4-3-5-7-9(8)12-10/h4,6,10-11H,2-3,5,7H2,1H3. The normalized spacial score (nSPS) is 28.2. The van der Waals surface area contributed by atoms with Crippen molar-refractivity contribution < 1.29 is 0 Å². The molecule has 0 aromatic heterocycles. The van der Waals surface area contributed by atoms with E-state index in [1.807, 2.05) is 11.8 Å². The molecule has 0 radical (unpaired) electrons. The van der Waals surface area contributed by atoms with Gasteiger partial charge < -0.3 is 5.32 Å². The average Bonchev–Trinajstić information content (AvgIpc) is 2.37. The van der Waals surface area contributed by atoms with E-state index in [9.17, 15) is 0 Å². The van der Waals surface area contributed by atoms with E-state index >= 15 is 0 Å². The van der Waals surface area contributed by atoms with Gasteiger partial charge in [0.1, 0.15) is 0 Å². The highest BCUT2D eigenvalue weighted by Gasteiger charge is 2.21. The lowest BCUT2D eigenvalue weighted by Gasteiger charge is -2.07. The molecule has 2 aliphatic rings. The summed E-state index contributed by atoms with van der Waals surface area (Å²) in [6.45, 7) is 2.24. The fraction of sp³-hybridized carbons (Fsp3) is 0.600. The highest BCUT2D eigenvalue weighted by atomic mass is 32.2. The Labute approximate surface area is 78.3 Å². The van der Waals surface area contributed by atoms with Crippen molar-refractivity contribution in [3.8, 4) is 0 Å². The maximum absolute atomic E-state index is 3.54. The van der Waals surface area contributed by atoms with E-state index < -0.39 is 0 Å². The summed E-state index contributed by atoms with van der Waals surface area (Å²) in [7, 11) is 0. The Bertz CT molecular complexity index is 230. The predicted molar refractivity (Wildman–Crippen MR) is 54.8 cm³/mol. The maximum atomic E-state index is 3.54. The van der Waals surface area contributed by atoms with Gasteiger partial charge in [-0.2, -0.15) is 0 Å². The van der Waals surface area contributed by atoms with Gasteiger partial charge in [0, 0.05) is 10.6 Å². The van der Waals surface area contributed by atoms with Crippen LogP contribution < -0.4 is 5.32 Å². The summed E-state index contributed by atoms with van der Waals surface area (Å²) < 4.78 is 0. The first-order valence-electron chi connectivity index (χ1n) is 4.73. The van der Waals surface area contributed by atoms with Crippen molar-refractivity contribution in [1.29, 1.82) is 0 Å². The minimum Gasteiger partial charge on any atom is -0.372 e. The van der Waals surface area contributed by atoms with Gasteiger partial charge >= 0.3 is 0 Å². The Kier molecular flexibility index (Phi) is 2.45. The third kappa shape index (κ3) is 1.53. The highest BCUT2D eigenvalue weighted by molar-refractivity contribution is 8.03. The van der Waals surface area contributed by atoms with Crippen molar-refractivity contribution in [1.82, 2.24) is 5.32 Å². The Balaban J connectivity index is 2.10. The fourth-order valence-electron chi connectivity index (χ4n) is 1.62. The lowest BCUT2D eigenvalue weighted by molar-refractivity contribution is 0.743. The van der Waals surface area contributed by atoms with Crippen LogP contribution in [0.3, 0.4) is 0 Å². The molecule has 0 spiro atoms. The van der Waals surface area contributed by atoms with Crippen molar-refractivity contribution in [2.45, 2.75) is 38.0 Å². The van der Waals surface area contributed by atoms with Crippen molar-refractivity contribution in [2.75, 3.05) is 0 Å². The molecule has 0 saturated heterocycles. The van der Waals surface area contributed by atoms with E-state index in [2.05, 4.69) is 24.4 Å². The Morgan fingerprint density at radius 2 is 2.58 bits per heavy atom. The van der Waals surface area contributed by atoms with Crippen LogP contribution in [0.25, 0.3) is 0 Å². The molecule has 1 aliphatic heterocycles. The number of allylic oxidation sites excluding steroid dienone is 3. The van der Waals surface area contributed by atoms with Crippen LogP contribution in [0.4, 0.5) is 0 Å². The minimum atomic E-state index is 0.637. The van der Waals surface area contributed by atoms with Crippen molar-refractivity contribution in [3.05, 3.63) is 22.8 Å². The Morgan fingerprint density at radius 3 is 3.42 bits per heavy atom. The largest absolute Gasteiger partial charge is 0.372 e. The van der Waals surface area contributed by atoms with Crippen LogP contribution in [0, 0.1) is 0 Å². The molecular formula is C10H15NS. The SMILES string of the molecule is CCC1NC2=C(CCCC=C2)S1. The van der Waals surface area contributed by atoms with Gasteiger partial charge in [-0.05, 0) is 31.8 Å². The molecule has 1 aliphatic carbocycles. The minimum absolute atomic E-state index is 0.637. The van der Waals surface area contributed by atoms with E-state index in [1.165, 1.54) is 31.4 Å². The predicted octanol–water partition coefficient (Wildman–Crippen LogP) is 3.01. The second-order valence-corrected chi connectivity index (χ2v) is 4.59. The molecule has 0 saturated carbocycles. The van der Waals surface area contributed by atoms with Crippen LogP contribution in [0.1, 0.15) is 32.6 Å². The number of hydrogen-bond acceptors (Lipinski definition) is 2. The first-order chi connectivity index (χ1) is 5.90.